The molecule has 1 rings (SSSR count). The molecule has 2 N–H and O–H groups in total. The topological polar surface area (TPSA) is 49.3 Å². The molecule has 0 saturated heterocycles. The lowest BCUT2D eigenvalue weighted by atomic mass is 10.1. The first-order chi connectivity index (χ1) is 6.77. The van der Waals surface area contributed by atoms with Crippen LogP contribution in [0.3, 0.4) is 0 Å². The van der Waals surface area contributed by atoms with E-state index < -0.39 is 0 Å². The summed E-state index contributed by atoms with van der Waals surface area (Å²) in [5.41, 5.74) is 0. The van der Waals surface area contributed by atoms with Crippen LogP contribution in [0.2, 0.25) is 0 Å². The third-order valence-corrected chi connectivity index (χ3v) is 3.39. The molecule has 1 aliphatic rings. The molecule has 2 atom stereocenters. The van der Waals surface area contributed by atoms with Gasteiger partial charge in [-0.25, -0.2) is 0 Å². The Balaban J connectivity index is 2.25. The number of aliphatic hydroxyl groups excluding tert-OH is 1. The summed E-state index contributed by atoms with van der Waals surface area (Å²) in [5, 5.41) is 12.1. The van der Waals surface area contributed by atoms with Crippen LogP contribution in [0.4, 0.5) is 0 Å². The van der Waals surface area contributed by atoms with Crippen molar-refractivity contribution in [2.75, 3.05) is 18.6 Å². The van der Waals surface area contributed by atoms with Gasteiger partial charge >= 0.3 is 0 Å². The Labute approximate surface area is 89.6 Å². The number of aliphatic hydroxyl groups is 1. The van der Waals surface area contributed by atoms with E-state index in [1.54, 1.807) is 11.8 Å². The van der Waals surface area contributed by atoms with Crippen LogP contribution in [0.1, 0.15) is 25.7 Å². The highest BCUT2D eigenvalue weighted by molar-refractivity contribution is 7.98. The standard InChI is InChI=1S/C10H19NO2S/c1-14-6-5-10(13)11-9-4-2-3-8(9)7-12/h8-9,12H,2-7H2,1H3,(H,11,13). The van der Waals surface area contributed by atoms with Gasteiger partial charge in [0, 0.05) is 30.7 Å². The maximum atomic E-state index is 11.4. The van der Waals surface area contributed by atoms with Gasteiger partial charge in [0.15, 0.2) is 0 Å². The number of carbonyl (C=O) groups is 1. The highest BCUT2D eigenvalue weighted by Gasteiger charge is 2.27. The second kappa shape index (κ2) is 6.30. The van der Waals surface area contributed by atoms with E-state index in [0.29, 0.717) is 6.42 Å². The van der Waals surface area contributed by atoms with E-state index in [-0.39, 0.29) is 24.5 Å². The highest BCUT2D eigenvalue weighted by Crippen LogP contribution is 2.24. The van der Waals surface area contributed by atoms with Crippen molar-refractivity contribution in [2.45, 2.75) is 31.7 Å². The minimum Gasteiger partial charge on any atom is -0.396 e. The molecule has 0 aromatic heterocycles. The van der Waals surface area contributed by atoms with Crippen LogP contribution in [0.15, 0.2) is 0 Å². The fraction of sp³-hybridized carbons (Fsp3) is 0.900. The van der Waals surface area contributed by atoms with Gasteiger partial charge < -0.3 is 10.4 Å². The average Bonchev–Trinajstić information content (AvgIpc) is 2.62. The van der Waals surface area contributed by atoms with Crippen LogP contribution in [0.25, 0.3) is 0 Å². The van der Waals surface area contributed by atoms with E-state index in [4.69, 9.17) is 5.11 Å². The molecule has 1 saturated carbocycles. The smallest absolute Gasteiger partial charge is 0.221 e. The van der Waals surface area contributed by atoms with Crippen molar-refractivity contribution >= 4 is 17.7 Å². The fourth-order valence-electron chi connectivity index (χ4n) is 1.92. The zero-order chi connectivity index (χ0) is 10.4. The molecule has 1 aliphatic carbocycles. The van der Waals surface area contributed by atoms with Crippen molar-refractivity contribution in [3.63, 3.8) is 0 Å². The van der Waals surface area contributed by atoms with Gasteiger partial charge in [0.2, 0.25) is 5.91 Å². The van der Waals surface area contributed by atoms with E-state index in [9.17, 15) is 4.79 Å². The Morgan fingerprint density at radius 1 is 1.57 bits per heavy atom. The fourth-order valence-corrected chi connectivity index (χ4v) is 2.31. The van der Waals surface area contributed by atoms with E-state index in [1.807, 2.05) is 6.26 Å². The summed E-state index contributed by atoms with van der Waals surface area (Å²) in [4.78, 5) is 11.4. The van der Waals surface area contributed by atoms with Crippen molar-refractivity contribution < 1.29 is 9.90 Å². The van der Waals surface area contributed by atoms with Gasteiger partial charge in [0.25, 0.3) is 0 Å². The average molecular weight is 217 g/mol. The predicted octanol–water partition coefficient (Wildman–Crippen LogP) is 1.02. The Bertz CT molecular complexity index is 187. The lowest BCUT2D eigenvalue weighted by Crippen LogP contribution is -2.38. The van der Waals surface area contributed by atoms with Crippen molar-refractivity contribution in [3.05, 3.63) is 0 Å². The minimum atomic E-state index is 0.129. The Morgan fingerprint density at radius 2 is 2.36 bits per heavy atom. The number of carbonyl (C=O) groups excluding carboxylic acids is 1. The quantitative estimate of drug-likeness (QED) is 0.723. The summed E-state index contributed by atoms with van der Waals surface area (Å²) in [6, 6.07) is 0.217. The molecule has 1 fully saturated rings. The number of hydrogen-bond donors (Lipinski definition) is 2. The zero-order valence-corrected chi connectivity index (χ0v) is 9.48. The highest BCUT2D eigenvalue weighted by atomic mass is 32.2. The maximum absolute atomic E-state index is 11.4. The summed E-state index contributed by atoms with van der Waals surface area (Å²) in [7, 11) is 0. The van der Waals surface area contributed by atoms with Gasteiger partial charge in [-0.1, -0.05) is 6.42 Å². The molecule has 1 amide bonds. The molecule has 14 heavy (non-hydrogen) atoms. The first kappa shape index (κ1) is 11.9. The number of amides is 1. The zero-order valence-electron chi connectivity index (χ0n) is 8.66. The molecular formula is C10H19NO2S. The van der Waals surface area contributed by atoms with Crippen LogP contribution >= 0.6 is 11.8 Å². The van der Waals surface area contributed by atoms with Gasteiger partial charge in [-0.3, -0.25) is 4.79 Å². The molecular weight excluding hydrogens is 198 g/mol. The molecule has 0 heterocycles. The Morgan fingerprint density at radius 3 is 3.00 bits per heavy atom. The molecule has 0 bridgehead atoms. The Hall–Kier alpha value is -0.220. The van der Waals surface area contributed by atoms with Gasteiger partial charge in [-0.2, -0.15) is 11.8 Å². The number of thioether (sulfide) groups is 1. The van der Waals surface area contributed by atoms with Crippen molar-refractivity contribution in [2.24, 2.45) is 5.92 Å². The minimum absolute atomic E-state index is 0.129. The van der Waals surface area contributed by atoms with Crippen LogP contribution < -0.4 is 5.32 Å². The third kappa shape index (κ3) is 3.50. The van der Waals surface area contributed by atoms with E-state index in [1.165, 1.54) is 0 Å². The van der Waals surface area contributed by atoms with E-state index in [2.05, 4.69) is 5.32 Å². The molecule has 0 aliphatic heterocycles. The van der Waals surface area contributed by atoms with Crippen LogP contribution in [0.5, 0.6) is 0 Å². The monoisotopic (exact) mass is 217 g/mol. The summed E-state index contributed by atoms with van der Waals surface area (Å²) >= 11 is 1.68. The number of nitrogens with one attached hydrogen (secondary N) is 1. The van der Waals surface area contributed by atoms with Crippen LogP contribution in [-0.4, -0.2) is 35.7 Å². The van der Waals surface area contributed by atoms with Gasteiger partial charge in [-0.05, 0) is 19.1 Å². The van der Waals surface area contributed by atoms with Crippen molar-refractivity contribution in [1.82, 2.24) is 5.32 Å². The number of hydrogen-bond acceptors (Lipinski definition) is 3. The molecule has 0 radical (unpaired) electrons. The molecule has 0 spiro atoms. The molecule has 3 nitrogen and oxygen atoms in total. The van der Waals surface area contributed by atoms with Gasteiger partial charge in [-0.15, -0.1) is 0 Å². The van der Waals surface area contributed by atoms with E-state index >= 15 is 0 Å². The Kier molecular flexibility index (Phi) is 5.33. The molecule has 4 heteroatoms. The summed E-state index contributed by atoms with van der Waals surface area (Å²) in [6.45, 7) is 0.202. The summed E-state index contributed by atoms with van der Waals surface area (Å²) in [5.74, 6) is 1.29. The molecule has 2 unspecified atom stereocenters. The lowest BCUT2D eigenvalue weighted by molar-refractivity contribution is -0.121. The molecule has 82 valence electrons. The summed E-state index contributed by atoms with van der Waals surface area (Å²) in [6.07, 6.45) is 5.79. The second-order valence-corrected chi connectivity index (χ2v) is 4.78. The number of rotatable bonds is 5. The maximum Gasteiger partial charge on any atom is 0.221 e. The SMILES string of the molecule is CSCCC(=O)NC1CCCC1CO. The molecule has 0 aromatic rings. The first-order valence-electron chi connectivity index (χ1n) is 5.17. The van der Waals surface area contributed by atoms with Gasteiger partial charge in [0.1, 0.15) is 0 Å². The van der Waals surface area contributed by atoms with Crippen molar-refractivity contribution in [3.8, 4) is 0 Å². The van der Waals surface area contributed by atoms with E-state index in [0.717, 1.165) is 25.0 Å². The summed E-state index contributed by atoms with van der Waals surface area (Å²) < 4.78 is 0. The predicted molar refractivity (Wildman–Crippen MR) is 59.4 cm³/mol. The second-order valence-electron chi connectivity index (χ2n) is 3.79. The molecule has 0 aromatic carbocycles. The van der Waals surface area contributed by atoms with Gasteiger partial charge in [0.05, 0.1) is 0 Å². The van der Waals surface area contributed by atoms with Crippen LogP contribution in [0, 0.1) is 5.92 Å². The van der Waals surface area contributed by atoms with Crippen LogP contribution in [-0.2, 0) is 4.79 Å². The first-order valence-corrected chi connectivity index (χ1v) is 6.56. The third-order valence-electron chi connectivity index (χ3n) is 2.77. The normalized spacial score (nSPS) is 26.4. The van der Waals surface area contributed by atoms with Crippen molar-refractivity contribution in [1.29, 1.82) is 0 Å². The largest absolute Gasteiger partial charge is 0.396 e. The lowest BCUT2D eigenvalue weighted by Gasteiger charge is -2.18.